The van der Waals surface area contributed by atoms with Crippen LogP contribution in [0.1, 0.15) is 19.4 Å². The van der Waals surface area contributed by atoms with Gasteiger partial charge in [-0.3, -0.25) is 9.59 Å². The van der Waals surface area contributed by atoms with Crippen LogP contribution in [0.3, 0.4) is 0 Å². The van der Waals surface area contributed by atoms with Gasteiger partial charge in [0.05, 0.1) is 5.02 Å². The maximum absolute atomic E-state index is 12.4. The van der Waals surface area contributed by atoms with Crippen molar-refractivity contribution in [1.29, 1.82) is 0 Å². The lowest BCUT2D eigenvalue weighted by atomic mass is 10.2. The van der Waals surface area contributed by atoms with Crippen molar-refractivity contribution in [1.82, 2.24) is 4.90 Å². The number of rotatable bonds is 6. The zero-order valence-corrected chi connectivity index (χ0v) is 16.3. The van der Waals surface area contributed by atoms with E-state index in [4.69, 9.17) is 27.9 Å². The predicted octanol–water partition coefficient (Wildman–Crippen LogP) is 4.38. The molecule has 138 valence electrons. The van der Waals surface area contributed by atoms with Gasteiger partial charge in [0.1, 0.15) is 5.75 Å². The molecule has 7 heteroatoms. The van der Waals surface area contributed by atoms with Crippen LogP contribution in [-0.4, -0.2) is 29.9 Å². The first kappa shape index (κ1) is 20.1. The van der Waals surface area contributed by atoms with Crippen molar-refractivity contribution in [3.63, 3.8) is 0 Å². The van der Waals surface area contributed by atoms with E-state index in [1.54, 1.807) is 43.1 Å². The van der Waals surface area contributed by atoms with Crippen LogP contribution in [0.4, 0.5) is 5.69 Å². The van der Waals surface area contributed by atoms with Crippen LogP contribution < -0.4 is 10.1 Å². The number of halogens is 2. The van der Waals surface area contributed by atoms with Crippen LogP contribution >= 0.6 is 23.2 Å². The molecular weight excluding hydrogens is 375 g/mol. The molecule has 0 aliphatic carbocycles. The maximum Gasteiger partial charge on any atom is 0.265 e. The molecule has 0 heterocycles. The number of nitrogens with zero attached hydrogens (tertiary/aromatic N) is 1. The van der Waals surface area contributed by atoms with Crippen molar-refractivity contribution in [3.05, 3.63) is 58.1 Å². The normalized spacial score (nSPS) is 11.6. The third-order valence-corrected chi connectivity index (χ3v) is 4.25. The van der Waals surface area contributed by atoms with Crippen LogP contribution in [0.2, 0.25) is 10.0 Å². The molecule has 0 saturated carbocycles. The standard InChI is InChI=1S/C19H20Cl2N2O3/c1-12(26-18-8-7-15(20)10-17(18)21)19(25)22-16-6-4-5-14(9-16)11-23(3)13(2)24/h4-10,12H,11H2,1-3H3,(H,22,25). The summed E-state index contributed by atoms with van der Waals surface area (Å²) in [6, 6.07) is 12.1. The van der Waals surface area contributed by atoms with Gasteiger partial charge in [-0.1, -0.05) is 35.3 Å². The third kappa shape index (κ3) is 5.64. The molecule has 2 amide bonds. The smallest absolute Gasteiger partial charge is 0.265 e. The van der Waals surface area contributed by atoms with Crippen molar-refractivity contribution in [2.45, 2.75) is 26.5 Å². The van der Waals surface area contributed by atoms with Gasteiger partial charge in [-0.2, -0.15) is 0 Å². The predicted molar refractivity (Wildman–Crippen MR) is 104 cm³/mol. The van der Waals surface area contributed by atoms with Crippen molar-refractivity contribution < 1.29 is 14.3 Å². The Bertz CT molecular complexity index is 811. The molecule has 0 fully saturated rings. The Kier molecular flexibility index (Phi) is 6.89. The van der Waals surface area contributed by atoms with E-state index in [0.29, 0.717) is 28.0 Å². The Morgan fingerprint density at radius 1 is 1.19 bits per heavy atom. The number of anilines is 1. The molecule has 1 atom stereocenters. The van der Waals surface area contributed by atoms with Crippen molar-refractivity contribution in [2.24, 2.45) is 0 Å². The van der Waals surface area contributed by atoms with Gasteiger partial charge in [0.25, 0.3) is 5.91 Å². The number of benzene rings is 2. The van der Waals surface area contributed by atoms with E-state index in [2.05, 4.69) is 5.32 Å². The number of ether oxygens (including phenoxy) is 1. The molecule has 5 nitrogen and oxygen atoms in total. The van der Waals surface area contributed by atoms with E-state index >= 15 is 0 Å². The zero-order chi connectivity index (χ0) is 19.3. The summed E-state index contributed by atoms with van der Waals surface area (Å²) in [6.45, 7) is 3.60. The molecule has 0 radical (unpaired) electrons. The summed E-state index contributed by atoms with van der Waals surface area (Å²) >= 11 is 11.9. The minimum Gasteiger partial charge on any atom is -0.479 e. The average molecular weight is 395 g/mol. The van der Waals surface area contributed by atoms with E-state index < -0.39 is 6.10 Å². The number of hydrogen-bond acceptors (Lipinski definition) is 3. The van der Waals surface area contributed by atoms with Crippen LogP contribution in [0, 0.1) is 0 Å². The molecule has 2 aromatic carbocycles. The van der Waals surface area contributed by atoms with E-state index in [1.807, 2.05) is 18.2 Å². The maximum atomic E-state index is 12.4. The molecule has 2 aromatic rings. The first-order valence-electron chi connectivity index (χ1n) is 7.99. The molecule has 26 heavy (non-hydrogen) atoms. The van der Waals surface area contributed by atoms with Crippen molar-refractivity contribution >= 4 is 40.7 Å². The topological polar surface area (TPSA) is 58.6 Å². The van der Waals surface area contributed by atoms with Crippen LogP contribution in [-0.2, 0) is 16.1 Å². The van der Waals surface area contributed by atoms with E-state index in [-0.39, 0.29) is 11.8 Å². The van der Waals surface area contributed by atoms with Gasteiger partial charge in [0.2, 0.25) is 5.91 Å². The Morgan fingerprint density at radius 2 is 1.92 bits per heavy atom. The summed E-state index contributed by atoms with van der Waals surface area (Å²) < 4.78 is 5.60. The minimum atomic E-state index is -0.753. The molecule has 0 aromatic heterocycles. The zero-order valence-electron chi connectivity index (χ0n) is 14.8. The van der Waals surface area contributed by atoms with Crippen molar-refractivity contribution in [2.75, 3.05) is 12.4 Å². The van der Waals surface area contributed by atoms with E-state index in [0.717, 1.165) is 5.56 Å². The summed E-state index contributed by atoms with van der Waals surface area (Å²) in [5.74, 6) is 0.0462. The largest absolute Gasteiger partial charge is 0.479 e. The Labute approximate surface area is 162 Å². The second-order valence-electron chi connectivity index (χ2n) is 5.90. The molecular formula is C19H20Cl2N2O3. The third-order valence-electron chi connectivity index (χ3n) is 3.72. The lowest BCUT2D eigenvalue weighted by Crippen LogP contribution is -2.30. The molecule has 0 aliphatic rings. The molecule has 0 aliphatic heterocycles. The van der Waals surface area contributed by atoms with Gasteiger partial charge in [-0.05, 0) is 42.8 Å². The number of hydrogen-bond donors (Lipinski definition) is 1. The first-order chi connectivity index (χ1) is 12.3. The Hall–Kier alpha value is -2.24. The fourth-order valence-electron chi connectivity index (χ4n) is 2.19. The summed E-state index contributed by atoms with van der Waals surface area (Å²) in [7, 11) is 1.72. The fourth-order valence-corrected chi connectivity index (χ4v) is 2.64. The molecule has 2 rings (SSSR count). The van der Waals surface area contributed by atoms with Gasteiger partial charge in [-0.15, -0.1) is 0 Å². The van der Waals surface area contributed by atoms with Gasteiger partial charge < -0.3 is 15.0 Å². The van der Waals surface area contributed by atoms with Gasteiger partial charge in [-0.25, -0.2) is 0 Å². The number of nitrogens with one attached hydrogen (secondary N) is 1. The molecule has 0 spiro atoms. The first-order valence-corrected chi connectivity index (χ1v) is 8.75. The molecule has 0 bridgehead atoms. The monoisotopic (exact) mass is 394 g/mol. The molecule has 1 unspecified atom stereocenters. The fraction of sp³-hybridized carbons (Fsp3) is 0.263. The highest BCUT2D eigenvalue weighted by atomic mass is 35.5. The second kappa shape index (κ2) is 8.92. The SMILES string of the molecule is CC(=O)N(C)Cc1cccc(NC(=O)C(C)Oc2ccc(Cl)cc2Cl)c1. The summed E-state index contributed by atoms with van der Waals surface area (Å²) in [6.07, 6.45) is -0.753. The van der Waals surface area contributed by atoms with Gasteiger partial charge >= 0.3 is 0 Å². The lowest BCUT2D eigenvalue weighted by Gasteiger charge is -2.17. The van der Waals surface area contributed by atoms with E-state index in [1.165, 1.54) is 6.92 Å². The van der Waals surface area contributed by atoms with Crippen LogP contribution in [0.5, 0.6) is 5.75 Å². The van der Waals surface area contributed by atoms with Crippen LogP contribution in [0.25, 0.3) is 0 Å². The lowest BCUT2D eigenvalue weighted by molar-refractivity contribution is -0.128. The Balaban J connectivity index is 2.01. The highest BCUT2D eigenvalue weighted by molar-refractivity contribution is 6.35. The molecule has 1 N–H and O–H groups in total. The second-order valence-corrected chi connectivity index (χ2v) is 6.74. The Morgan fingerprint density at radius 3 is 2.58 bits per heavy atom. The summed E-state index contributed by atoms with van der Waals surface area (Å²) in [5, 5.41) is 3.63. The highest BCUT2D eigenvalue weighted by Gasteiger charge is 2.17. The number of amides is 2. The van der Waals surface area contributed by atoms with Crippen LogP contribution in [0.15, 0.2) is 42.5 Å². The highest BCUT2D eigenvalue weighted by Crippen LogP contribution is 2.28. The summed E-state index contributed by atoms with van der Waals surface area (Å²) in [4.78, 5) is 25.3. The van der Waals surface area contributed by atoms with Gasteiger partial charge in [0.15, 0.2) is 6.10 Å². The number of carbonyl (C=O) groups excluding carboxylic acids is 2. The average Bonchev–Trinajstić information content (AvgIpc) is 2.57. The number of carbonyl (C=O) groups is 2. The van der Waals surface area contributed by atoms with Gasteiger partial charge in [0, 0.05) is 31.2 Å². The van der Waals surface area contributed by atoms with E-state index in [9.17, 15) is 9.59 Å². The molecule has 0 saturated heterocycles. The summed E-state index contributed by atoms with van der Waals surface area (Å²) in [5.41, 5.74) is 1.54. The van der Waals surface area contributed by atoms with Crippen molar-refractivity contribution in [3.8, 4) is 5.75 Å². The quantitative estimate of drug-likeness (QED) is 0.790. The minimum absolute atomic E-state index is 0.0266.